The number of para-hydroxylation sites is 1. The van der Waals surface area contributed by atoms with Gasteiger partial charge in [0.15, 0.2) is 0 Å². The van der Waals surface area contributed by atoms with Crippen LogP contribution in [0.5, 0.6) is 0 Å². The molecule has 0 aliphatic heterocycles. The smallest absolute Gasteiger partial charge is 0.264 e. The third kappa shape index (κ3) is 6.22. The number of anilines is 1. The number of rotatable bonds is 10. The zero-order valence-corrected chi connectivity index (χ0v) is 21.5. The van der Waals surface area contributed by atoms with Crippen LogP contribution in [0.3, 0.4) is 0 Å². The first kappa shape index (κ1) is 27.2. The van der Waals surface area contributed by atoms with Gasteiger partial charge in [-0.1, -0.05) is 61.0 Å². The molecular weight excluding hydrogens is 505 g/mol. The SMILES string of the molecule is CCC(C(=O)NC)N(Cc1ccc(Cl)cc1)C(=O)CN(c1ccccc1F)S(=O)(=O)c1ccccc1. The van der Waals surface area contributed by atoms with Crippen molar-refractivity contribution in [1.82, 2.24) is 10.2 Å². The lowest BCUT2D eigenvalue weighted by atomic mass is 10.1. The molecule has 0 radical (unpaired) electrons. The number of nitrogens with one attached hydrogen (secondary N) is 1. The van der Waals surface area contributed by atoms with Gasteiger partial charge in [-0.2, -0.15) is 0 Å². The maximum absolute atomic E-state index is 14.8. The number of hydrogen-bond acceptors (Lipinski definition) is 4. The van der Waals surface area contributed by atoms with E-state index in [1.54, 1.807) is 49.4 Å². The standard InChI is InChI=1S/C26H27ClFN3O4S/c1-3-23(26(33)29-2)30(17-19-13-15-20(27)16-14-19)25(32)18-31(24-12-8-7-11-22(24)28)36(34,35)21-9-5-4-6-10-21/h4-16,23H,3,17-18H2,1-2H3,(H,29,33). The highest BCUT2D eigenvalue weighted by molar-refractivity contribution is 7.92. The summed E-state index contributed by atoms with van der Waals surface area (Å²) in [5.41, 5.74) is 0.424. The summed E-state index contributed by atoms with van der Waals surface area (Å²) in [5.74, 6) is -1.86. The highest BCUT2D eigenvalue weighted by Crippen LogP contribution is 2.27. The van der Waals surface area contributed by atoms with Crippen LogP contribution < -0.4 is 9.62 Å². The maximum Gasteiger partial charge on any atom is 0.264 e. The monoisotopic (exact) mass is 531 g/mol. The number of benzene rings is 3. The average Bonchev–Trinajstić information content (AvgIpc) is 2.89. The molecular formula is C26H27ClFN3O4S. The fourth-order valence-corrected chi connectivity index (χ4v) is 5.33. The van der Waals surface area contributed by atoms with Gasteiger partial charge in [0.1, 0.15) is 18.4 Å². The molecule has 0 saturated carbocycles. The van der Waals surface area contributed by atoms with Gasteiger partial charge < -0.3 is 10.2 Å². The molecule has 10 heteroatoms. The van der Waals surface area contributed by atoms with Gasteiger partial charge in [0.05, 0.1) is 10.6 Å². The van der Waals surface area contributed by atoms with Crippen molar-refractivity contribution in [3.63, 3.8) is 0 Å². The number of carbonyl (C=O) groups excluding carboxylic acids is 2. The quantitative estimate of drug-likeness (QED) is 0.424. The molecule has 0 fully saturated rings. The van der Waals surface area contributed by atoms with E-state index in [0.717, 1.165) is 10.4 Å². The van der Waals surface area contributed by atoms with Crippen LogP contribution >= 0.6 is 11.6 Å². The lowest BCUT2D eigenvalue weighted by molar-refractivity contribution is -0.140. The number of amides is 2. The van der Waals surface area contributed by atoms with Gasteiger partial charge in [-0.25, -0.2) is 12.8 Å². The Morgan fingerprint density at radius 3 is 2.17 bits per heavy atom. The Morgan fingerprint density at radius 1 is 0.972 bits per heavy atom. The molecule has 1 atom stereocenters. The molecule has 3 aromatic carbocycles. The minimum atomic E-state index is -4.31. The van der Waals surface area contributed by atoms with Crippen molar-refractivity contribution >= 4 is 39.1 Å². The second kappa shape index (κ2) is 12.0. The van der Waals surface area contributed by atoms with Gasteiger partial charge in [-0.3, -0.25) is 13.9 Å². The highest BCUT2D eigenvalue weighted by atomic mass is 35.5. The predicted octanol–water partition coefficient (Wildman–Crippen LogP) is 4.23. The molecule has 0 aliphatic carbocycles. The summed E-state index contributed by atoms with van der Waals surface area (Å²) in [6, 6.07) is 18.7. The molecule has 0 heterocycles. The topological polar surface area (TPSA) is 86.8 Å². The zero-order valence-electron chi connectivity index (χ0n) is 19.9. The fraction of sp³-hybridized carbons (Fsp3) is 0.231. The van der Waals surface area contributed by atoms with Crippen molar-refractivity contribution in [2.45, 2.75) is 30.8 Å². The summed E-state index contributed by atoms with van der Waals surface area (Å²) in [6.07, 6.45) is 0.282. The Bertz CT molecular complexity index is 1300. The van der Waals surface area contributed by atoms with Crippen molar-refractivity contribution in [2.75, 3.05) is 17.9 Å². The molecule has 0 spiro atoms. The molecule has 190 valence electrons. The second-order valence-electron chi connectivity index (χ2n) is 7.96. The minimum absolute atomic E-state index is 0.0262. The van der Waals surface area contributed by atoms with E-state index in [4.69, 9.17) is 11.6 Å². The van der Waals surface area contributed by atoms with Crippen LogP contribution in [0.25, 0.3) is 0 Å². The molecule has 1 N–H and O–H groups in total. The van der Waals surface area contributed by atoms with Crippen LogP contribution in [-0.2, 0) is 26.2 Å². The fourth-order valence-electron chi connectivity index (χ4n) is 3.76. The molecule has 3 aromatic rings. The highest BCUT2D eigenvalue weighted by Gasteiger charge is 2.34. The Balaban J connectivity index is 2.05. The minimum Gasteiger partial charge on any atom is -0.357 e. The first-order chi connectivity index (χ1) is 17.2. The molecule has 2 amide bonds. The Labute approximate surface area is 215 Å². The summed E-state index contributed by atoms with van der Waals surface area (Å²) in [5, 5.41) is 3.06. The van der Waals surface area contributed by atoms with Crippen LogP contribution in [0.4, 0.5) is 10.1 Å². The number of halogens is 2. The van der Waals surface area contributed by atoms with Crippen LogP contribution in [0.2, 0.25) is 5.02 Å². The van der Waals surface area contributed by atoms with Crippen molar-refractivity contribution in [1.29, 1.82) is 0 Å². The van der Waals surface area contributed by atoms with Crippen molar-refractivity contribution in [2.24, 2.45) is 0 Å². The zero-order chi connectivity index (χ0) is 26.3. The first-order valence-corrected chi connectivity index (χ1v) is 13.1. The number of likely N-dealkylation sites (N-methyl/N-ethyl adjacent to an activating group) is 1. The Kier molecular flexibility index (Phi) is 9.06. The van der Waals surface area contributed by atoms with Gasteiger partial charge in [-0.15, -0.1) is 0 Å². The number of sulfonamides is 1. The van der Waals surface area contributed by atoms with E-state index >= 15 is 0 Å². The number of carbonyl (C=O) groups is 2. The number of hydrogen-bond donors (Lipinski definition) is 1. The third-order valence-electron chi connectivity index (χ3n) is 5.63. The van der Waals surface area contributed by atoms with E-state index in [0.29, 0.717) is 10.6 Å². The average molecular weight is 532 g/mol. The van der Waals surface area contributed by atoms with Gasteiger partial charge in [0.2, 0.25) is 11.8 Å². The predicted molar refractivity (Wildman–Crippen MR) is 138 cm³/mol. The van der Waals surface area contributed by atoms with Crippen molar-refractivity contribution in [3.8, 4) is 0 Å². The normalized spacial score (nSPS) is 12.0. The summed E-state index contributed by atoms with van der Waals surface area (Å²) >= 11 is 5.98. The van der Waals surface area contributed by atoms with E-state index in [9.17, 15) is 22.4 Å². The summed E-state index contributed by atoms with van der Waals surface area (Å²) in [7, 11) is -2.85. The molecule has 3 rings (SSSR count). The van der Waals surface area contributed by atoms with E-state index < -0.39 is 40.2 Å². The lowest BCUT2D eigenvalue weighted by Crippen LogP contribution is -2.51. The van der Waals surface area contributed by atoms with Gasteiger partial charge in [-0.05, 0) is 48.4 Å². The lowest BCUT2D eigenvalue weighted by Gasteiger charge is -2.33. The van der Waals surface area contributed by atoms with Crippen molar-refractivity contribution in [3.05, 3.63) is 95.3 Å². The van der Waals surface area contributed by atoms with E-state index in [1.165, 1.54) is 42.3 Å². The summed E-state index contributed by atoms with van der Waals surface area (Å²) in [6.45, 7) is 1.06. The van der Waals surface area contributed by atoms with Gasteiger partial charge in [0, 0.05) is 18.6 Å². The second-order valence-corrected chi connectivity index (χ2v) is 10.3. The summed E-state index contributed by atoms with van der Waals surface area (Å²) < 4.78 is 42.7. The van der Waals surface area contributed by atoms with E-state index in [2.05, 4.69) is 5.32 Å². The van der Waals surface area contributed by atoms with Crippen molar-refractivity contribution < 1.29 is 22.4 Å². The molecule has 0 saturated heterocycles. The largest absolute Gasteiger partial charge is 0.357 e. The first-order valence-electron chi connectivity index (χ1n) is 11.3. The Hall–Kier alpha value is -3.43. The molecule has 36 heavy (non-hydrogen) atoms. The summed E-state index contributed by atoms with van der Waals surface area (Å²) in [4.78, 5) is 27.6. The van der Waals surface area contributed by atoms with Gasteiger partial charge in [0.25, 0.3) is 10.0 Å². The molecule has 0 bridgehead atoms. The molecule has 1 unspecified atom stereocenters. The van der Waals surface area contributed by atoms with Crippen LogP contribution in [0.15, 0.2) is 83.8 Å². The molecule has 7 nitrogen and oxygen atoms in total. The third-order valence-corrected chi connectivity index (χ3v) is 7.66. The van der Waals surface area contributed by atoms with E-state index in [-0.39, 0.29) is 23.5 Å². The number of nitrogens with zero attached hydrogens (tertiary/aromatic N) is 2. The molecule has 0 aromatic heterocycles. The molecule has 0 aliphatic rings. The van der Waals surface area contributed by atoms with Crippen LogP contribution in [0, 0.1) is 5.82 Å². The van der Waals surface area contributed by atoms with Crippen LogP contribution in [-0.4, -0.2) is 44.8 Å². The van der Waals surface area contributed by atoms with E-state index in [1.807, 2.05) is 0 Å². The van der Waals surface area contributed by atoms with Crippen LogP contribution in [0.1, 0.15) is 18.9 Å². The van der Waals surface area contributed by atoms with Gasteiger partial charge >= 0.3 is 0 Å². The Morgan fingerprint density at radius 2 is 1.58 bits per heavy atom. The maximum atomic E-state index is 14.8.